The summed E-state index contributed by atoms with van der Waals surface area (Å²) in [4.78, 5) is 36.9. The van der Waals surface area contributed by atoms with Crippen LogP contribution in [0.1, 0.15) is 36.2 Å². The third-order valence-electron chi connectivity index (χ3n) is 3.94. The molecule has 1 saturated heterocycles. The standard InChI is InChI=1S/C14H22N6O3/c1-20-6-2-3-9(20)4-5-12(22)18-10-7-17-19-13(10)14(23)16-8-11(15)21/h7,9H,2-6,8H2,1H3,(H2,15,21)(H,16,23)(H,17,19)(H,18,22). The highest BCUT2D eigenvalue weighted by Crippen LogP contribution is 2.20. The van der Waals surface area contributed by atoms with Crippen molar-refractivity contribution in [2.24, 2.45) is 5.73 Å². The van der Waals surface area contributed by atoms with Gasteiger partial charge in [0.2, 0.25) is 11.8 Å². The van der Waals surface area contributed by atoms with Crippen LogP contribution in [0.3, 0.4) is 0 Å². The zero-order valence-corrected chi connectivity index (χ0v) is 13.1. The van der Waals surface area contributed by atoms with Crippen molar-refractivity contribution in [3.05, 3.63) is 11.9 Å². The van der Waals surface area contributed by atoms with E-state index in [9.17, 15) is 14.4 Å². The molecule has 23 heavy (non-hydrogen) atoms. The first-order valence-electron chi connectivity index (χ1n) is 7.57. The van der Waals surface area contributed by atoms with Gasteiger partial charge in [-0.3, -0.25) is 19.5 Å². The summed E-state index contributed by atoms with van der Waals surface area (Å²) in [6.07, 6.45) is 4.79. The Morgan fingerprint density at radius 2 is 2.26 bits per heavy atom. The molecule has 1 aliphatic rings. The van der Waals surface area contributed by atoms with E-state index < -0.39 is 11.8 Å². The first kappa shape index (κ1) is 16.9. The lowest BCUT2D eigenvalue weighted by atomic mass is 10.1. The molecule has 0 spiro atoms. The van der Waals surface area contributed by atoms with Gasteiger partial charge in [0.1, 0.15) is 5.69 Å². The van der Waals surface area contributed by atoms with Crippen molar-refractivity contribution in [1.82, 2.24) is 20.4 Å². The highest BCUT2D eigenvalue weighted by molar-refractivity contribution is 6.03. The van der Waals surface area contributed by atoms with E-state index in [0.29, 0.717) is 12.5 Å². The molecule has 1 fully saturated rings. The zero-order valence-electron chi connectivity index (χ0n) is 13.1. The van der Waals surface area contributed by atoms with Gasteiger partial charge in [-0.2, -0.15) is 5.10 Å². The molecule has 2 heterocycles. The largest absolute Gasteiger partial charge is 0.368 e. The molecule has 1 aliphatic heterocycles. The van der Waals surface area contributed by atoms with Crippen LogP contribution in [0.25, 0.3) is 0 Å². The van der Waals surface area contributed by atoms with Crippen molar-refractivity contribution >= 4 is 23.4 Å². The van der Waals surface area contributed by atoms with E-state index in [-0.39, 0.29) is 23.8 Å². The predicted octanol–water partition coefficient (Wildman–Crippen LogP) is -0.562. The number of carbonyl (C=O) groups excluding carboxylic acids is 3. The van der Waals surface area contributed by atoms with Crippen molar-refractivity contribution in [2.45, 2.75) is 31.7 Å². The molecule has 0 bridgehead atoms. The van der Waals surface area contributed by atoms with Crippen molar-refractivity contribution in [2.75, 3.05) is 25.5 Å². The Kier molecular flexibility index (Phi) is 5.69. The SMILES string of the molecule is CN1CCCC1CCC(=O)Nc1cn[nH]c1C(=O)NCC(N)=O. The number of rotatable bonds is 7. The molecule has 0 radical (unpaired) electrons. The summed E-state index contributed by atoms with van der Waals surface area (Å²) in [5, 5.41) is 11.3. The van der Waals surface area contributed by atoms with Crippen LogP contribution in [-0.2, 0) is 9.59 Å². The molecule has 0 aliphatic carbocycles. The number of hydrogen-bond donors (Lipinski definition) is 4. The smallest absolute Gasteiger partial charge is 0.271 e. The van der Waals surface area contributed by atoms with Crippen molar-refractivity contribution in [1.29, 1.82) is 0 Å². The van der Waals surface area contributed by atoms with Gasteiger partial charge in [-0.15, -0.1) is 0 Å². The first-order chi connectivity index (χ1) is 11.0. The number of nitrogens with two attached hydrogens (primary N) is 1. The summed E-state index contributed by atoms with van der Waals surface area (Å²) < 4.78 is 0. The molecule has 0 aromatic carbocycles. The van der Waals surface area contributed by atoms with E-state index >= 15 is 0 Å². The second kappa shape index (κ2) is 7.73. The van der Waals surface area contributed by atoms with Gasteiger partial charge >= 0.3 is 0 Å². The normalized spacial score (nSPS) is 17.9. The van der Waals surface area contributed by atoms with E-state index in [1.165, 1.54) is 6.20 Å². The lowest BCUT2D eigenvalue weighted by Gasteiger charge is -2.18. The maximum atomic E-state index is 12.0. The van der Waals surface area contributed by atoms with E-state index in [1.807, 2.05) is 0 Å². The number of amides is 3. The van der Waals surface area contributed by atoms with Gasteiger partial charge in [-0.1, -0.05) is 0 Å². The van der Waals surface area contributed by atoms with Gasteiger partial charge in [0, 0.05) is 12.5 Å². The average molecular weight is 322 g/mol. The maximum absolute atomic E-state index is 12.0. The number of hydrogen-bond acceptors (Lipinski definition) is 5. The van der Waals surface area contributed by atoms with Gasteiger partial charge in [-0.25, -0.2) is 0 Å². The molecule has 2 rings (SSSR count). The second-order valence-corrected chi connectivity index (χ2v) is 5.67. The average Bonchev–Trinajstić information content (AvgIpc) is 3.11. The summed E-state index contributed by atoms with van der Waals surface area (Å²) in [5.74, 6) is -1.37. The molecule has 1 aromatic rings. The molecule has 3 amide bonds. The minimum absolute atomic E-state index is 0.0950. The Labute approximate surface area is 134 Å². The van der Waals surface area contributed by atoms with E-state index in [4.69, 9.17) is 5.73 Å². The molecular weight excluding hydrogens is 300 g/mol. The number of aromatic amines is 1. The summed E-state index contributed by atoms with van der Waals surface area (Å²) in [7, 11) is 2.06. The van der Waals surface area contributed by atoms with Crippen LogP contribution in [-0.4, -0.2) is 59.0 Å². The Hall–Kier alpha value is -2.42. The minimum atomic E-state index is -0.649. The summed E-state index contributed by atoms with van der Waals surface area (Å²) in [6.45, 7) is 0.789. The number of nitrogens with zero attached hydrogens (tertiary/aromatic N) is 2. The topological polar surface area (TPSA) is 133 Å². The zero-order chi connectivity index (χ0) is 16.8. The summed E-state index contributed by atoms with van der Waals surface area (Å²) >= 11 is 0. The van der Waals surface area contributed by atoms with Crippen LogP contribution in [0.5, 0.6) is 0 Å². The van der Waals surface area contributed by atoms with E-state index in [1.54, 1.807) is 0 Å². The number of likely N-dealkylation sites (tertiary alicyclic amines) is 1. The molecule has 0 saturated carbocycles. The van der Waals surface area contributed by atoms with Gasteiger partial charge in [0.05, 0.1) is 18.4 Å². The maximum Gasteiger partial charge on any atom is 0.271 e. The quantitative estimate of drug-likeness (QED) is 0.534. The summed E-state index contributed by atoms with van der Waals surface area (Å²) in [6, 6.07) is 0.434. The molecule has 1 unspecified atom stereocenters. The van der Waals surface area contributed by atoms with Crippen LogP contribution >= 0.6 is 0 Å². The molecule has 126 valence electrons. The number of nitrogens with one attached hydrogen (secondary N) is 3. The Bertz CT molecular complexity index is 585. The number of primary amides is 1. The third kappa shape index (κ3) is 4.78. The Morgan fingerprint density at radius 1 is 1.48 bits per heavy atom. The Morgan fingerprint density at radius 3 is 2.91 bits per heavy atom. The van der Waals surface area contributed by atoms with Crippen LogP contribution in [0.4, 0.5) is 5.69 Å². The van der Waals surface area contributed by atoms with Crippen LogP contribution in [0, 0.1) is 0 Å². The highest BCUT2D eigenvalue weighted by atomic mass is 16.2. The molecule has 9 nitrogen and oxygen atoms in total. The van der Waals surface area contributed by atoms with Gasteiger partial charge in [0.25, 0.3) is 5.91 Å². The fraction of sp³-hybridized carbons (Fsp3) is 0.571. The fourth-order valence-electron chi connectivity index (χ4n) is 2.66. The second-order valence-electron chi connectivity index (χ2n) is 5.67. The van der Waals surface area contributed by atoms with Crippen LogP contribution in [0.15, 0.2) is 6.20 Å². The lowest BCUT2D eigenvalue weighted by Crippen LogP contribution is -2.34. The van der Waals surface area contributed by atoms with E-state index in [0.717, 1.165) is 25.8 Å². The number of H-pyrrole nitrogens is 1. The van der Waals surface area contributed by atoms with Gasteiger partial charge in [0.15, 0.2) is 0 Å². The molecule has 1 atom stereocenters. The number of anilines is 1. The molecule has 9 heteroatoms. The molecular formula is C14H22N6O3. The number of aromatic nitrogens is 2. The first-order valence-corrected chi connectivity index (χ1v) is 7.57. The summed E-state index contributed by atoms with van der Waals surface area (Å²) in [5.41, 5.74) is 5.35. The number of carbonyl (C=O) groups is 3. The Balaban J connectivity index is 1.85. The van der Waals surface area contributed by atoms with E-state index in [2.05, 4.69) is 32.8 Å². The molecule has 5 N–H and O–H groups in total. The molecule has 1 aromatic heterocycles. The monoisotopic (exact) mass is 322 g/mol. The van der Waals surface area contributed by atoms with Crippen molar-refractivity contribution in [3.63, 3.8) is 0 Å². The fourth-order valence-corrected chi connectivity index (χ4v) is 2.66. The van der Waals surface area contributed by atoms with Gasteiger partial charge < -0.3 is 21.3 Å². The third-order valence-corrected chi connectivity index (χ3v) is 3.94. The lowest BCUT2D eigenvalue weighted by molar-refractivity contribution is -0.117. The van der Waals surface area contributed by atoms with Crippen LogP contribution < -0.4 is 16.4 Å². The highest BCUT2D eigenvalue weighted by Gasteiger charge is 2.22. The van der Waals surface area contributed by atoms with Crippen molar-refractivity contribution < 1.29 is 14.4 Å². The minimum Gasteiger partial charge on any atom is -0.368 e. The van der Waals surface area contributed by atoms with Crippen molar-refractivity contribution in [3.8, 4) is 0 Å². The van der Waals surface area contributed by atoms with Gasteiger partial charge in [-0.05, 0) is 32.9 Å². The van der Waals surface area contributed by atoms with Crippen LogP contribution in [0.2, 0.25) is 0 Å². The predicted molar refractivity (Wildman–Crippen MR) is 83.6 cm³/mol.